The Morgan fingerprint density at radius 1 is 1.20 bits per heavy atom. The fraction of sp³-hybridized carbons (Fsp3) is 0.368. The summed E-state index contributed by atoms with van der Waals surface area (Å²) in [5, 5.41) is 0. The summed E-state index contributed by atoms with van der Waals surface area (Å²) in [6, 6.07) is 11.4. The van der Waals surface area contributed by atoms with Crippen molar-refractivity contribution < 1.29 is 9.47 Å². The van der Waals surface area contributed by atoms with Crippen LogP contribution < -0.4 is 15.2 Å². The molecule has 0 atom stereocenters. The van der Waals surface area contributed by atoms with E-state index < -0.39 is 0 Å². The number of rotatable bonds is 6. The van der Waals surface area contributed by atoms with Gasteiger partial charge in [0.05, 0.1) is 12.6 Å². The lowest BCUT2D eigenvalue weighted by Crippen LogP contribution is -2.24. The molecule has 6 nitrogen and oxygen atoms in total. The van der Waals surface area contributed by atoms with Crippen molar-refractivity contribution in [3.05, 3.63) is 52.4 Å². The molecule has 0 amide bonds. The Morgan fingerprint density at radius 2 is 2.00 bits per heavy atom. The van der Waals surface area contributed by atoms with E-state index in [0.717, 1.165) is 16.8 Å². The fourth-order valence-corrected chi connectivity index (χ4v) is 2.79. The van der Waals surface area contributed by atoms with Crippen LogP contribution in [0.3, 0.4) is 0 Å². The highest BCUT2D eigenvalue weighted by Crippen LogP contribution is 2.19. The topological polar surface area (TPSA) is 58.3 Å². The number of ether oxygens (including phenoxy) is 2. The molecule has 3 aromatic rings. The molecule has 0 radical (unpaired) electrons. The maximum Gasteiger partial charge on any atom is 0.330 e. The summed E-state index contributed by atoms with van der Waals surface area (Å²) in [5.41, 5.74) is 2.40. The molecule has 0 aliphatic carbocycles. The van der Waals surface area contributed by atoms with Crippen molar-refractivity contribution in [3.8, 4) is 11.6 Å². The Labute approximate surface area is 146 Å². The smallest absolute Gasteiger partial charge is 0.330 e. The molecule has 25 heavy (non-hydrogen) atoms. The highest BCUT2D eigenvalue weighted by molar-refractivity contribution is 5.72. The van der Waals surface area contributed by atoms with E-state index in [4.69, 9.17) is 9.47 Å². The van der Waals surface area contributed by atoms with Gasteiger partial charge in [0, 0.05) is 19.7 Å². The van der Waals surface area contributed by atoms with Gasteiger partial charge in [0.25, 0.3) is 0 Å². The zero-order valence-corrected chi connectivity index (χ0v) is 15.0. The molecule has 132 valence electrons. The van der Waals surface area contributed by atoms with Crippen LogP contribution in [0.15, 0.2) is 41.2 Å². The molecule has 3 rings (SSSR count). The summed E-state index contributed by atoms with van der Waals surface area (Å²) in [7, 11) is 3.40. The summed E-state index contributed by atoms with van der Waals surface area (Å²) in [4.78, 5) is 17.0. The molecule has 0 fully saturated rings. The second kappa shape index (κ2) is 7.01. The van der Waals surface area contributed by atoms with E-state index in [9.17, 15) is 4.79 Å². The van der Waals surface area contributed by atoms with Crippen LogP contribution in [-0.4, -0.2) is 21.2 Å². The van der Waals surface area contributed by atoms with Crippen LogP contribution in [0.1, 0.15) is 19.4 Å². The summed E-state index contributed by atoms with van der Waals surface area (Å²) in [6.45, 7) is 5.17. The number of imidazole rings is 1. The third-order valence-electron chi connectivity index (χ3n) is 4.03. The lowest BCUT2D eigenvalue weighted by Gasteiger charge is -2.08. The predicted octanol–water partition coefficient (Wildman–Crippen LogP) is 2.98. The fourth-order valence-electron chi connectivity index (χ4n) is 2.79. The third-order valence-corrected chi connectivity index (χ3v) is 4.03. The number of methoxy groups -OCH3 is 1. The Bertz CT molecular complexity index is 941. The molecule has 2 aromatic heterocycles. The zero-order chi connectivity index (χ0) is 18.0. The number of benzene rings is 1. The van der Waals surface area contributed by atoms with Crippen LogP contribution in [0.5, 0.6) is 11.6 Å². The summed E-state index contributed by atoms with van der Waals surface area (Å²) < 4.78 is 14.4. The van der Waals surface area contributed by atoms with E-state index in [1.807, 2.05) is 30.3 Å². The first-order chi connectivity index (χ1) is 12.0. The van der Waals surface area contributed by atoms with Gasteiger partial charge in [0.2, 0.25) is 5.88 Å². The number of aryl methyl sites for hydroxylation is 1. The van der Waals surface area contributed by atoms with E-state index in [1.54, 1.807) is 29.4 Å². The highest BCUT2D eigenvalue weighted by atomic mass is 16.5. The first kappa shape index (κ1) is 17.1. The van der Waals surface area contributed by atoms with Gasteiger partial charge in [-0.15, -0.1) is 0 Å². The average molecular weight is 341 g/mol. The van der Waals surface area contributed by atoms with Crippen molar-refractivity contribution in [2.75, 3.05) is 7.11 Å². The van der Waals surface area contributed by atoms with Gasteiger partial charge in [0.15, 0.2) is 5.65 Å². The minimum atomic E-state index is -0.0545. The lowest BCUT2D eigenvalue weighted by molar-refractivity contribution is 0.293. The van der Waals surface area contributed by atoms with Gasteiger partial charge in [-0.1, -0.05) is 26.0 Å². The van der Waals surface area contributed by atoms with Crippen LogP contribution in [0.4, 0.5) is 0 Å². The van der Waals surface area contributed by atoms with Crippen LogP contribution >= 0.6 is 0 Å². The van der Waals surface area contributed by atoms with Gasteiger partial charge in [0.1, 0.15) is 12.4 Å². The minimum Gasteiger partial charge on any atom is -0.497 e. The monoisotopic (exact) mass is 341 g/mol. The largest absolute Gasteiger partial charge is 0.497 e. The lowest BCUT2D eigenvalue weighted by atomic mass is 10.2. The second-order valence-electron chi connectivity index (χ2n) is 6.48. The van der Waals surface area contributed by atoms with E-state index in [2.05, 4.69) is 18.8 Å². The quantitative estimate of drug-likeness (QED) is 0.692. The van der Waals surface area contributed by atoms with Gasteiger partial charge in [-0.2, -0.15) is 4.98 Å². The van der Waals surface area contributed by atoms with Gasteiger partial charge in [-0.25, -0.2) is 4.79 Å². The second-order valence-corrected chi connectivity index (χ2v) is 6.48. The first-order valence-electron chi connectivity index (χ1n) is 8.31. The Kier molecular flexibility index (Phi) is 4.79. The molecule has 0 unspecified atom stereocenters. The normalized spacial score (nSPS) is 11.2. The molecule has 0 N–H and O–H groups in total. The molecule has 0 saturated carbocycles. The van der Waals surface area contributed by atoms with Gasteiger partial charge < -0.3 is 9.47 Å². The maximum absolute atomic E-state index is 12.4. The number of hydrogen-bond acceptors (Lipinski definition) is 4. The van der Waals surface area contributed by atoms with E-state index >= 15 is 0 Å². The third kappa shape index (κ3) is 3.52. The predicted molar refractivity (Wildman–Crippen MR) is 97.1 cm³/mol. The van der Waals surface area contributed by atoms with Crippen molar-refractivity contribution in [2.45, 2.75) is 27.0 Å². The Balaban J connectivity index is 1.88. The number of fused-ring (bicyclic) bond motifs is 1. The van der Waals surface area contributed by atoms with Gasteiger partial charge >= 0.3 is 5.69 Å². The molecule has 2 heterocycles. The molecule has 0 saturated heterocycles. The van der Waals surface area contributed by atoms with Crippen molar-refractivity contribution in [2.24, 2.45) is 13.0 Å². The molecular weight excluding hydrogens is 318 g/mol. The molecule has 0 bridgehead atoms. The van der Waals surface area contributed by atoms with Gasteiger partial charge in [-0.05, 0) is 29.7 Å². The van der Waals surface area contributed by atoms with Gasteiger partial charge in [-0.3, -0.25) is 9.13 Å². The Morgan fingerprint density at radius 3 is 2.72 bits per heavy atom. The zero-order valence-electron chi connectivity index (χ0n) is 15.0. The number of pyridine rings is 1. The van der Waals surface area contributed by atoms with E-state index in [-0.39, 0.29) is 5.69 Å². The molecule has 1 aromatic carbocycles. The summed E-state index contributed by atoms with van der Waals surface area (Å²) >= 11 is 0. The van der Waals surface area contributed by atoms with Crippen molar-refractivity contribution in [1.82, 2.24) is 14.1 Å². The molecule has 6 heteroatoms. The number of aromatic nitrogens is 3. The number of hydrogen-bond donors (Lipinski definition) is 0. The Hall–Kier alpha value is -2.76. The van der Waals surface area contributed by atoms with Crippen molar-refractivity contribution in [1.29, 1.82) is 0 Å². The standard InChI is InChI=1S/C19H23N3O3/c1-13(2)11-22-18-16(21(3)19(22)23)8-9-17(20-18)25-12-14-6-5-7-15(10-14)24-4/h5-10,13H,11-12H2,1-4H3. The highest BCUT2D eigenvalue weighted by Gasteiger charge is 2.14. The van der Waals surface area contributed by atoms with Crippen molar-refractivity contribution >= 4 is 11.2 Å². The maximum atomic E-state index is 12.4. The van der Waals surface area contributed by atoms with E-state index in [0.29, 0.717) is 30.6 Å². The van der Waals surface area contributed by atoms with Crippen LogP contribution in [0.2, 0.25) is 0 Å². The average Bonchev–Trinajstić information content (AvgIpc) is 2.84. The summed E-state index contributed by atoms with van der Waals surface area (Å²) in [6.07, 6.45) is 0. The van der Waals surface area contributed by atoms with Crippen LogP contribution in [0, 0.1) is 5.92 Å². The molecular formula is C19H23N3O3. The molecule has 0 spiro atoms. The number of nitrogens with zero attached hydrogens (tertiary/aromatic N) is 3. The SMILES string of the molecule is COc1cccc(COc2ccc3c(n2)n(CC(C)C)c(=O)n3C)c1. The first-order valence-corrected chi connectivity index (χ1v) is 8.31. The molecule has 0 aliphatic heterocycles. The van der Waals surface area contributed by atoms with Crippen LogP contribution in [0.25, 0.3) is 11.2 Å². The van der Waals surface area contributed by atoms with E-state index in [1.165, 1.54) is 0 Å². The van der Waals surface area contributed by atoms with Crippen molar-refractivity contribution in [3.63, 3.8) is 0 Å². The minimum absolute atomic E-state index is 0.0545. The molecule has 0 aliphatic rings. The van der Waals surface area contributed by atoms with Crippen LogP contribution in [-0.2, 0) is 20.2 Å². The summed E-state index contributed by atoms with van der Waals surface area (Å²) in [5.74, 6) is 1.64.